The van der Waals surface area contributed by atoms with Crippen molar-refractivity contribution in [1.29, 1.82) is 0 Å². The van der Waals surface area contributed by atoms with Crippen molar-refractivity contribution in [2.24, 2.45) is 40.4 Å². The number of hydrogen-bond donors (Lipinski definition) is 0. The number of ether oxygens (including phenoxy) is 6. The van der Waals surface area contributed by atoms with Crippen molar-refractivity contribution < 1.29 is 110 Å². The molecule has 1 radical (unpaired) electrons. The monoisotopic (exact) mass is 1530 g/mol. The molecule has 11 unspecified atom stereocenters. The van der Waals surface area contributed by atoms with E-state index >= 15 is 0 Å². The fraction of sp³-hybridized carbons (Fsp3) is 0.822. The van der Waals surface area contributed by atoms with Gasteiger partial charge in [0.2, 0.25) is 0 Å². The van der Waals surface area contributed by atoms with Crippen LogP contribution >= 0.6 is 43.2 Å². The second-order valence-corrected chi connectivity index (χ2v) is 34.9. The van der Waals surface area contributed by atoms with Crippen molar-refractivity contribution in [2.45, 2.75) is 224 Å². The molecular weight excluding hydrogens is 1420 g/mol. The van der Waals surface area contributed by atoms with Crippen LogP contribution in [0.15, 0.2) is 36.4 Å². The molecule has 8 rings (SSSR count). The maximum absolute atomic E-state index is 13.2. The third-order valence-corrected chi connectivity index (χ3v) is 27.7. The average Bonchev–Trinajstić information content (AvgIpc) is 1.67. The summed E-state index contributed by atoms with van der Waals surface area (Å²) in [6.07, 6.45) is 9.07. The van der Waals surface area contributed by atoms with Gasteiger partial charge in [-0.15, -0.1) is 0 Å². The first-order valence-electron chi connectivity index (χ1n) is 35.8. The molecule has 0 saturated heterocycles. The van der Waals surface area contributed by atoms with Crippen LogP contribution in [-0.2, 0) is 74.3 Å². The Morgan fingerprint density at radius 1 is 0.536 bits per heavy atom. The SMILES string of the molecule is CC(CCCCSSCCCOc1ccc2c(c1)CCC1C2CCC2(C)C(OCCN(C)CCOC(C)(C)C(F)(F)F)CCC12)COOC[CH-]CCCCSSCCCOc1ccc2c(c1)CCC1C2CCC2(C)C(OCCN(C)CCOC(C)(C(F)(F)F)C(F)(F)F)CCC12.[Y]. The molecule has 0 N–H and O–H groups in total. The molecule has 0 bridgehead atoms. The Hall–Kier alpha value is -0.406. The third-order valence-electron chi connectivity index (χ3n) is 22.5. The number of benzene rings is 2. The Bertz CT molecular complexity index is 2620. The van der Waals surface area contributed by atoms with Gasteiger partial charge < -0.3 is 44.6 Å². The van der Waals surface area contributed by atoms with Crippen molar-refractivity contribution in [3.63, 3.8) is 0 Å². The molecule has 4 fully saturated rings. The molecule has 97 heavy (non-hydrogen) atoms. The summed E-state index contributed by atoms with van der Waals surface area (Å²) in [6.45, 7) is 13.4. The summed E-state index contributed by atoms with van der Waals surface area (Å²) in [4.78, 5) is 14.7. The molecule has 553 valence electrons. The second-order valence-electron chi connectivity index (χ2n) is 29.5. The summed E-state index contributed by atoms with van der Waals surface area (Å²) in [5.74, 6) is 10.3. The fourth-order valence-corrected chi connectivity index (χ4v) is 20.7. The van der Waals surface area contributed by atoms with Crippen LogP contribution in [-0.4, -0.2) is 168 Å². The topological polar surface area (TPSA) is 80.3 Å². The summed E-state index contributed by atoms with van der Waals surface area (Å²) >= 11 is 0. The summed E-state index contributed by atoms with van der Waals surface area (Å²) < 4.78 is 154. The predicted molar refractivity (Wildman–Crippen MR) is 372 cm³/mol. The number of alkyl halides is 9. The smallest absolute Gasteiger partial charge is 0.426 e. The molecule has 0 aliphatic heterocycles. The van der Waals surface area contributed by atoms with Crippen molar-refractivity contribution in [2.75, 3.05) is 116 Å². The summed E-state index contributed by atoms with van der Waals surface area (Å²) in [5.41, 5.74) is -0.314. The van der Waals surface area contributed by atoms with Gasteiger partial charge >= 0.3 is 18.5 Å². The number of unbranched alkanes of at least 4 members (excludes halogenated alkanes) is 4. The minimum atomic E-state index is -5.57. The minimum absolute atomic E-state index is 0. The van der Waals surface area contributed by atoms with Crippen molar-refractivity contribution in [3.05, 3.63) is 65.1 Å². The van der Waals surface area contributed by atoms with Crippen LogP contribution in [0.1, 0.15) is 191 Å². The maximum Gasteiger partial charge on any atom is 0.426 e. The quantitative estimate of drug-likeness (QED) is 0.0158. The van der Waals surface area contributed by atoms with Crippen molar-refractivity contribution in [1.82, 2.24) is 9.80 Å². The van der Waals surface area contributed by atoms with Crippen LogP contribution in [0.2, 0.25) is 0 Å². The molecule has 6 aliphatic carbocycles. The van der Waals surface area contributed by atoms with Gasteiger partial charge in [0.1, 0.15) is 11.5 Å². The van der Waals surface area contributed by atoms with Gasteiger partial charge in [-0.3, -0.25) is 4.89 Å². The standard InChI is InChI=1S/C73H112F9N2O8S4.Y/c1-52(17-11-14-46-94-96-48-16-39-86-56-21-25-58-54(50-56)18-22-61-59(58)30-32-68(4)63(61)26-28-65(68)87-41-34-83(7)36-43-89-67(2,3)71(74,75)76)51-92-91-40-12-9-10-13-45-93-95-47-15-38-85-55-20-24-57-53(49-55)19-23-62-60(57)31-33-69(5)64(62)27-29-66(69)88-42-35-84(8)37-44-90-70(6,72(77,78)79)73(80,81)82;/h12,20-21,24-25,49-50,52,59-66H,9-11,13-19,22-23,26-48,51H2,1-8H3;/q-1;. The third kappa shape index (κ3) is 23.3. The van der Waals surface area contributed by atoms with E-state index < -0.39 is 36.3 Å². The fourth-order valence-electron chi connectivity index (χ4n) is 16.3. The molecule has 0 amide bonds. The van der Waals surface area contributed by atoms with Gasteiger partial charge in [0.15, 0.2) is 5.60 Å². The zero-order valence-corrected chi connectivity index (χ0v) is 65.1. The molecule has 11 atom stereocenters. The number of hydrogen-bond acceptors (Lipinski definition) is 14. The maximum atomic E-state index is 13.2. The van der Waals surface area contributed by atoms with E-state index in [1.165, 1.54) is 60.8 Å². The Kier molecular flexibility index (Phi) is 33.9. The van der Waals surface area contributed by atoms with Crippen LogP contribution in [0.3, 0.4) is 0 Å². The summed E-state index contributed by atoms with van der Waals surface area (Å²) in [7, 11) is 11.3. The zero-order valence-electron chi connectivity index (χ0n) is 59.0. The molecule has 6 aliphatic rings. The van der Waals surface area contributed by atoms with E-state index in [1.54, 1.807) is 11.9 Å². The number of halogens is 9. The van der Waals surface area contributed by atoms with E-state index in [4.69, 9.17) is 33.5 Å². The van der Waals surface area contributed by atoms with E-state index in [0.717, 1.165) is 145 Å². The number of rotatable bonds is 43. The first-order chi connectivity index (χ1) is 45.6. The van der Waals surface area contributed by atoms with Gasteiger partial charge in [0.05, 0.1) is 58.5 Å². The number of nitrogens with zero attached hydrogens (tertiary/aromatic N) is 2. The summed E-state index contributed by atoms with van der Waals surface area (Å²) in [6, 6.07) is 13.6. The first kappa shape index (κ1) is 83.9. The molecule has 0 heterocycles. The van der Waals surface area contributed by atoms with Crippen LogP contribution in [0.4, 0.5) is 39.5 Å². The van der Waals surface area contributed by atoms with Gasteiger partial charge in [-0.1, -0.05) is 88.9 Å². The van der Waals surface area contributed by atoms with Gasteiger partial charge in [-0.25, -0.2) is 4.89 Å². The van der Waals surface area contributed by atoms with Crippen LogP contribution in [0.25, 0.3) is 0 Å². The van der Waals surface area contributed by atoms with Crippen molar-refractivity contribution in [3.8, 4) is 11.5 Å². The zero-order chi connectivity index (χ0) is 69.2. The average molecular weight is 1530 g/mol. The van der Waals surface area contributed by atoms with Gasteiger partial charge in [0.25, 0.3) is 5.60 Å². The van der Waals surface area contributed by atoms with Crippen LogP contribution in [0.5, 0.6) is 11.5 Å². The molecule has 10 nitrogen and oxygen atoms in total. The first-order valence-corrected chi connectivity index (χ1v) is 40.8. The Balaban J connectivity index is 0.0000133. The van der Waals surface area contributed by atoms with Crippen molar-refractivity contribution >= 4 is 43.2 Å². The largest absolute Gasteiger partial charge is 0.494 e. The molecular formula is C73H112F9N2O8S4Y-. The molecule has 2 aromatic carbocycles. The summed E-state index contributed by atoms with van der Waals surface area (Å²) in [5, 5.41) is 0. The van der Waals surface area contributed by atoms with Gasteiger partial charge in [-0.05, 0) is 249 Å². The normalized spacial score (nSPS) is 26.1. The predicted octanol–water partition coefficient (Wildman–Crippen LogP) is 19.4. The Morgan fingerprint density at radius 2 is 0.990 bits per heavy atom. The molecule has 24 heteroatoms. The Morgan fingerprint density at radius 3 is 1.46 bits per heavy atom. The number of aryl methyl sites for hydroxylation is 2. The molecule has 0 aromatic heterocycles. The molecule has 2 aromatic rings. The Labute approximate surface area is 615 Å². The van der Waals surface area contributed by atoms with Gasteiger partial charge in [0, 0.05) is 81.9 Å². The van der Waals surface area contributed by atoms with E-state index in [0.29, 0.717) is 94.1 Å². The number of fused-ring (bicyclic) bond motifs is 10. The molecule has 4 saturated carbocycles. The van der Waals surface area contributed by atoms with Gasteiger partial charge in [-0.2, -0.15) is 45.9 Å². The van der Waals surface area contributed by atoms with E-state index in [1.807, 2.05) is 55.1 Å². The van der Waals surface area contributed by atoms with E-state index in [9.17, 15) is 39.5 Å². The second kappa shape index (κ2) is 39.3. The van der Waals surface area contributed by atoms with E-state index in [2.05, 4.69) is 68.3 Å². The minimum Gasteiger partial charge on any atom is -0.494 e. The van der Waals surface area contributed by atoms with Crippen LogP contribution in [0, 0.1) is 46.8 Å². The molecule has 0 spiro atoms. The van der Waals surface area contributed by atoms with E-state index in [-0.39, 0.29) is 75.8 Å². The number of likely N-dealkylation sites (N-methyl/N-ethyl adjacent to an activating group) is 2. The van der Waals surface area contributed by atoms with Crippen LogP contribution < -0.4 is 9.47 Å².